The molecule has 0 aliphatic carbocycles. The van der Waals surface area contributed by atoms with Gasteiger partial charge in [0.2, 0.25) is 0 Å². The van der Waals surface area contributed by atoms with Crippen molar-refractivity contribution in [3.8, 4) is 0 Å². The minimum atomic E-state index is -0.361. The number of hydrogen-bond acceptors (Lipinski definition) is 4. The lowest BCUT2D eigenvalue weighted by atomic mass is 10.2. The zero-order chi connectivity index (χ0) is 10.8. The van der Waals surface area contributed by atoms with Crippen LogP contribution in [0.4, 0.5) is 0 Å². The van der Waals surface area contributed by atoms with Gasteiger partial charge in [-0.3, -0.25) is 4.79 Å². The fourth-order valence-electron chi connectivity index (χ4n) is 2.21. The van der Waals surface area contributed by atoms with Gasteiger partial charge in [0.25, 0.3) is 5.91 Å². The van der Waals surface area contributed by atoms with Crippen LogP contribution in [0.5, 0.6) is 0 Å². The van der Waals surface area contributed by atoms with Crippen LogP contribution in [0.2, 0.25) is 0 Å². The van der Waals surface area contributed by atoms with E-state index in [9.17, 15) is 9.90 Å². The number of β-amino-alcohol motifs (C(OH)–C–C–N with tert-alkyl or cyclic N) is 1. The predicted molar refractivity (Wildman–Crippen MR) is 54.2 cm³/mol. The van der Waals surface area contributed by atoms with E-state index in [4.69, 9.17) is 10.5 Å². The summed E-state index contributed by atoms with van der Waals surface area (Å²) in [5.74, 6) is 0.0162. The average molecular weight is 214 g/mol. The van der Waals surface area contributed by atoms with Crippen molar-refractivity contribution in [2.45, 2.75) is 37.6 Å². The Morgan fingerprint density at radius 1 is 1.47 bits per heavy atom. The lowest BCUT2D eigenvalue weighted by Gasteiger charge is -2.20. The third-order valence-electron chi connectivity index (χ3n) is 3.12. The summed E-state index contributed by atoms with van der Waals surface area (Å²) in [4.78, 5) is 13.6. The largest absolute Gasteiger partial charge is 0.391 e. The third-order valence-corrected chi connectivity index (χ3v) is 3.12. The molecule has 2 aliphatic heterocycles. The van der Waals surface area contributed by atoms with E-state index in [1.807, 2.05) is 0 Å². The highest BCUT2D eigenvalue weighted by atomic mass is 16.5. The van der Waals surface area contributed by atoms with E-state index in [2.05, 4.69) is 0 Å². The van der Waals surface area contributed by atoms with E-state index in [1.54, 1.807) is 4.90 Å². The Bertz CT molecular complexity index is 247. The molecule has 0 bridgehead atoms. The normalized spacial score (nSPS) is 36.1. The molecule has 2 aliphatic rings. The molecule has 2 fully saturated rings. The van der Waals surface area contributed by atoms with Crippen molar-refractivity contribution >= 4 is 5.91 Å². The number of amides is 1. The Morgan fingerprint density at radius 2 is 2.27 bits per heavy atom. The second-order valence-electron chi connectivity index (χ2n) is 4.29. The Morgan fingerprint density at radius 3 is 2.80 bits per heavy atom. The minimum Gasteiger partial charge on any atom is -0.391 e. The molecule has 0 spiro atoms. The van der Waals surface area contributed by atoms with Crippen LogP contribution < -0.4 is 5.73 Å². The molecule has 0 radical (unpaired) electrons. The summed E-state index contributed by atoms with van der Waals surface area (Å²) in [6.07, 6.45) is 1.64. The maximum atomic E-state index is 11.9. The van der Waals surface area contributed by atoms with Crippen LogP contribution in [0.25, 0.3) is 0 Å². The number of hydrogen-bond donors (Lipinski definition) is 2. The number of aliphatic hydroxyl groups excluding tert-OH is 1. The molecule has 0 aromatic rings. The molecule has 2 heterocycles. The van der Waals surface area contributed by atoms with E-state index < -0.39 is 0 Å². The Hall–Kier alpha value is -0.650. The molecule has 86 valence electrons. The number of aliphatic hydroxyl groups is 1. The molecule has 0 aromatic carbocycles. The molecule has 2 rings (SSSR count). The van der Waals surface area contributed by atoms with Crippen LogP contribution in [-0.4, -0.2) is 53.9 Å². The van der Waals surface area contributed by atoms with Crippen LogP contribution >= 0.6 is 0 Å². The van der Waals surface area contributed by atoms with Gasteiger partial charge in [0.15, 0.2) is 0 Å². The monoisotopic (exact) mass is 214 g/mol. The number of rotatable bonds is 2. The number of carbonyl (C=O) groups is 1. The number of carbonyl (C=O) groups excluding carboxylic acids is 1. The van der Waals surface area contributed by atoms with Gasteiger partial charge >= 0.3 is 0 Å². The van der Waals surface area contributed by atoms with E-state index in [0.717, 1.165) is 12.8 Å². The summed E-state index contributed by atoms with van der Waals surface area (Å²) < 4.78 is 5.52. The molecule has 5 heteroatoms. The molecule has 2 saturated heterocycles. The smallest absolute Gasteiger partial charge is 0.251 e. The van der Waals surface area contributed by atoms with Crippen molar-refractivity contribution in [2.24, 2.45) is 5.73 Å². The lowest BCUT2D eigenvalue weighted by Crippen LogP contribution is -2.38. The predicted octanol–water partition coefficient (Wildman–Crippen LogP) is -0.914. The summed E-state index contributed by atoms with van der Waals surface area (Å²) >= 11 is 0. The van der Waals surface area contributed by atoms with Gasteiger partial charge in [0.05, 0.1) is 12.2 Å². The fourth-order valence-corrected chi connectivity index (χ4v) is 2.21. The lowest BCUT2D eigenvalue weighted by molar-refractivity contribution is -0.142. The number of nitrogens with two attached hydrogens (primary N) is 1. The topological polar surface area (TPSA) is 75.8 Å². The van der Waals surface area contributed by atoms with Crippen LogP contribution in [0.3, 0.4) is 0 Å². The number of ether oxygens (including phenoxy) is 1. The third kappa shape index (κ3) is 2.30. The summed E-state index contributed by atoms with van der Waals surface area (Å²) in [5, 5.41) is 9.33. The summed E-state index contributed by atoms with van der Waals surface area (Å²) in [6.45, 7) is 1.57. The molecule has 15 heavy (non-hydrogen) atoms. The van der Waals surface area contributed by atoms with E-state index in [-0.39, 0.29) is 24.2 Å². The molecular weight excluding hydrogens is 196 g/mol. The second-order valence-corrected chi connectivity index (χ2v) is 4.29. The molecule has 3 atom stereocenters. The first-order valence-corrected chi connectivity index (χ1v) is 5.53. The molecule has 5 nitrogen and oxygen atoms in total. The quantitative estimate of drug-likeness (QED) is 0.623. The van der Waals surface area contributed by atoms with Gasteiger partial charge < -0.3 is 20.5 Å². The maximum absolute atomic E-state index is 11.9. The molecule has 0 saturated carbocycles. The highest BCUT2D eigenvalue weighted by Crippen LogP contribution is 2.22. The number of likely N-dealkylation sites (tertiary alicyclic amines) is 1. The van der Waals surface area contributed by atoms with Crippen LogP contribution in [-0.2, 0) is 9.53 Å². The molecular formula is C10H18N2O3. The zero-order valence-electron chi connectivity index (χ0n) is 8.76. The minimum absolute atomic E-state index is 0.0162. The van der Waals surface area contributed by atoms with Crippen molar-refractivity contribution in [2.75, 3.05) is 19.6 Å². The molecule has 0 aromatic heterocycles. The van der Waals surface area contributed by atoms with Gasteiger partial charge in [-0.05, 0) is 19.3 Å². The summed E-state index contributed by atoms with van der Waals surface area (Å²) in [6, 6.07) is 0. The summed E-state index contributed by atoms with van der Waals surface area (Å²) in [7, 11) is 0. The van der Waals surface area contributed by atoms with Crippen LogP contribution in [0.1, 0.15) is 19.3 Å². The fraction of sp³-hybridized carbons (Fsp3) is 0.900. The van der Waals surface area contributed by atoms with Crippen molar-refractivity contribution in [3.05, 3.63) is 0 Å². The van der Waals surface area contributed by atoms with Crippen molar-refractivity contribution < 1.29 is 14.6 Å². The van der Waals surface area contributed by atoms with Gasteiger partial charge in [-0.2, -0.15) is 0 Å². The number of nitrogens with zero attached hydrogens (tertiary/aromatic N) is 1. The SMILES string of the molecule is NCC1CCC(C(=O)N2CC[C@H](O)C2)O1. The first-order chi connectivity index (χ1) is 7.20. The standard InChI is InChI=1S/C10H18N2O3/c11-5-8-1-2-9(15-8)10(14)12-4-3-7(13)6-12/h7-9,13H,1-6,11H2/t7-,8?,9?/m0/s1. The molecule has 2 unspecified atom stereocenters. The van der Waals surface area contributed by atoms with Gasteiger partial charge in [0, 0.05) is 19.6 Å². The first-order valence-electron chi connectivity index (χ1n) is 5.53. The van der Waals surface area contributed by atoms with Crippen LogP contribution in [0.15, 0.2) is 0 Å². The van der Waals surface area contributed by atoms with Crippen molar-refractivity contribution in [1.29, 1.82) is 0 Å². The van der Waals surface area contributed by atoms with Crippen molar-refractivity contribution in [1.82, 2.24) is 4.90 Å². The van der Waals surface area contributed by atoms with Crippen molar-refractivity contribution in [3.63, 3.8) is 0 Å². The molecule has 3 N–H and O–H groups in total. The Balaban J connectivity index is 1.86. The van der Waals surface area contributed by atoms with Gasteiger partial charge in [-0.1, -0.05) is 0 Å². The highest BCUT2D eigenvalue weighted by Gasteiger charge is 2.35. The van der Waals surface area contributed by atoms with Gasteiger partial charge in [-0.15, -0.1) is 0 Å². The van der Waals surface area contributed by atoms with E-state index in [1.165, 1.54) is 0 Å². The zero-order valence-corrected chi connectivity index (χ0v) is 8.76. The molecule has 1 amide bonds. The first kappa shape index (κ1) is 10.9. The average Bonchev–Trinajstić information content (AvgIpc) is 2.84. The van der Waals surface area contributed by atoms with Crippen LogP contribution in [0, 0.1) is 0 Å². The Labute approximate surface area is 89.2 Å². The summed E-state index contributed by atoms with van der Waals surface area (Å²) in [5.41, 5.74) is 5.48. The Kier molecular flexibility index (Phi) is 3.23. The van der Waals surface area contributed by atoms with Gasteiger partial charge in [0.1, 0.15) is 6.10 Å². The second kappa shape index (κ2) is 4.47. The van der Waals surface area contributed by atoms with E-state index >= 15 is 0 Å². The highest BCUT2D eigenvalue weighted by molar-refractivity contribution is 5.81. The van der Waals surface area contributed by atoms with E-state index in [0.29, 0.717) is 26.1 Å². The van der Waals surface area contributed by atoms with Gasteiger partial charge in [-0.25, -0.2) is 0 Å². The maximum Gasteiger partial charge on any atom is 0.251 e.